The van der Waals surface area contributed by atoms with Gasteiger partial charge in [0.2, 0.25) is 0 Å². The largest absolute Gasteiger partial charge is 0.451 e. The molecule has 1 heterocycles. The molecular weight excluding hydrogens is 322 g/mol. The van der Waals surface area contributed by atoms with E-state index >= 15 is 0 Å². The number of hydrogen-bond donors (Lipinski definition) is 2. The van der Waals surface area contributed by atoms with Crippen molar-refractivity contribution in [1.29, 1.82) is 0 Å². The molecule has 0 aliphatic rings. The van der Waals surface area contributed by atoms with Crippen LogP contribution in [0.4, 0.5) is 0 Å². The molecule has 2 N–H and O–H groups in total. The van der Waals surface area contributed by atoms with Crippen LogP contribution in [0.1, 0.15) is 17.5 Å². The van der Waals surface area contributed by atoms with Gasteiger partial charge in [0.25, 0.3) is 5.91 Å². The van der Waals surface area contributed by atoms with Crippen molar-refractivity contribution < 1.29 is 14.3 Å². The van der Waals surface area contributed by atoms with Crippen molar-refractivity contribution in [3.8, 4) is 11.3 Å². The van der Waals surface area contributed by atoms with Gasteiger partial charge in [-0.05, 0) is 37.4 Å². The van der Waals surface area contributed by atoms with E-state index in [1.807, 2.05) is 31.4 Å². The fourth-order valence-electron chi connectivity index (χ4n) is 2.07. The number of aliphatic hydroxyl groups excluding tert-OH is 1. The molecule has 0 fully saturated rings. The van der Waals surface area contributed by atoms with E-state index < -0.39 is 0 Å². The first-order chi connectivity index (χ1) is 10.6. The molecule has 0 aliphatic heterocycles. The van der Waals surface area contributed by atoms with Gasteiger partial charge in [-0.15, -0.1) is 0 Å². The van der Waals surface area contributed by atoms with Crippen LogP contribution in [0.2, 0.25) is 5.02 Å². The molecular formula is C16H18ClNO3S. The standard InChI is InChI=1S/C16H18ClNO3S/c1-10(15(9-19)22-2)18-16(20)14-8-7-13(21-14)11-5-3-4-6-12(11)17/h3-8,10,15,19H,9H2,1-2H3,(H,18,20). The van der Waals surface area contributed by atoms with Gasteiger partial charge < -0.3 is 14.8 Å². The van der Waals surface area contributed by atoms with Gasteiger partial charge in [-0.3, -0.25) is 4.79 Å². The van der Waals surface area contributed by atoms with Crippen molar-refractivity contribution in [3.05, 3.63) is 47.2 Å². The lowest BCUT2D eigenvalue weighted by Crippen LogP contribution is -2.41. The van der Waals surface area contributed by atoms with Crippen LogP contribution in [0, 0.1) is 0 Å². The molecule has 0 saturated carbocycles. The second kappa shape index (κ2) is 7.72. The molecule has 2 aromatic rings. The lowest BCUT2D eigenvalue weighted by molar-refractivity contribution is 0.0908. The van der Waals surface area contributed by atoms with Crippen molar-refractivity contribution in [2.45, 2.75) is 18.2 Å². The van der Waals surface area contributed by atoms with Crippen molar-refractivity contribution in [1.82, 2.24) is 5.32 Å². The molecule has 4 nitrogen and oxygen atoms in total. The highest BCUT2D eigenvalue weighted by Crippen LogP contribution is 2.29. The summed E-state index contributed by atoms with van der Waals surface area (Å²) in [6.45, 7) is 1.86. The Morgan fingerprint density at radius 2 is 2.09 bits per heavy atom. The molecule has 0 radical (unpaired) electrons. The summed E-state index contributed by atoms with van der Waals surface area (Å²) in [7, 11) is 0. The number of benzene rings is 1. The maximum atomic E-state index is 12.2. The molecule has 118 valence electrons. The molecule has 22 heavy (non-hydrogen) atoms. The number of carbonyl (C=O) groups is 1. The van der Waals surface area contributed by atoms with E-state index in [0.717, 1.165) is 5.56 Å². The van der Waals surface area contributed by atoms with Gasteiger partial charge in [0.15, 0.2) is 5.76 Å². The van der Waals surface area contributed by atoms with Gasteiger partial charge in [0, 0.05) is 16.9 Å². The zero-order valence-corrected chi connectivity index (χ0v) is 13.9. The van der Waals surface area contributed by atoms with Crippen molar-refractivity contribution in [3.63, 3.8) is 0 Å². The summed E-state index contributed by atoms with van der Waals surface area (Å²) in [6, 6.07) is 10.5. The molecule has 1 aromatic carbocycles. The number of hydrogen-bond acceptors (Lipinski definition) is 4. The fourth-order valence-corrected chi connectivity index (χ4v) is 2.93. The normalized spacial score (nSPS) is 13.6. The minimum absolute atomic E-state index is 0.00560. The average Bonchev–Trinajstić information content (AvgIpc) is 2.98. The van der Waals surface area contributed by atoms with E-state index in [1.165, 1.54) is 11.8 Å². The van der Waals surface area contributed by atoms with E-state index in [2.05, 4.69) is 5.32 Å². The summed E-state index contributed by atoms with van der Waals surface area (Å²) in [5.74, 6) is 0.463. The van der Waals surface area contributed by atoms with Crippen LogP contribution in [-0.4, -0.2) is 35.2 Å². The van der Waals surface area contributed by atoms with Gasteiger partial charge in [-0.25, -0.2) is 0 Å². The van der Waals surface area contributed by atoms with Crippen LogP contribution in [0.5, 0.6) is 0 Å². The van der Waals surface area contributed by atoms with Crippen LogP contribution < -0.4 is 5.32 Å². The Labute approximate surface area is 138 Å². The smallest absolute Gasteiger partial charge is 0.287 e. The van der Waals surface area contributed by atoms with Crippen LogP contribution in [0.15, 0.2) is 40.8 Å². The van der Waals surface area contributed by atoms with Crippen molar-refractivity contribution in [2.75, 3.05) is 12.9 Å². The second-order valence-electron chi connectivity index (χ2n) is 4.86. The monoisotopic (exact) mass is 339 g/mol. The highest BCUT2D eigenvalue weighted by Gasteiger charge is 2.20. The van der Waals surface area contributed by atoms with E-state index in [9.17, 15) is 9.90 Å². The van der Waals surface area contributed by atoms with Crippen molar-refractivity contribution >= 4 is 29.3 Å². The third-order valence-electron chi connectivity index (χ3n) is 3.37. The maximum absolute atomic E-state index is 12.2. The number of rotatable bonds is 6. The van der Waals surface area contributed by atoms with Crippen LogP contribution in [-0.2, 0) is 0 Å². The molecule has 2 unspecified atom stereocenters. The Morgan fingerprint density at radius 3 is 2.73 bits per heavy atom. The highest BCUT2D eigenvalue weighted by atomic mass is 35.5. The van der Waals surface area contributed by atoms with Crippen LogP contribution in [0.25, 0.3) is 11.3 Å². The number of thioether (sulfide) groups is 1. The molecule has 0 bridgehead atoms. The number of nitrogens with one attached hydrogen (secondary N) is 1. The van der Waals surface area contributed by atoms with E-state index in [-0.39, 0.29) is 29.6 Å². The molecule has 0 spiro atoms. The predicted molar refractivity (Wildman–Crippen MR) is 90.5 cm³/mol. The van der Waals surface area contributed by atoms with Gasteiger partial charge in [-0.1, -0.05) is 23.7 Å². The van der Waals surface area contributed by atoms with E-state index in [0.29, 0.717) is 10.8 Å². The number of amides is 1. The Morgan fingerprint density at radius 1 is 1.36 bits per heavy atom. The van der Waals surface area contributed by atoms with Crippen LogP contribution in [0.3, 0.4) is 0 Å². The summed E-state index contributed by atoms with van der Waals surface area (Å²) in [6.07, 6.45) is 1.89. The van der Waals surface area contributed by atoms with Gasteiger partial charge in [0.1, 0.15) is 5.76 Å². The molecule has 2 atom stereocenters. The fraction of sp³-hybridized carbons (Fsp3) is 0.312. The number of aliphatic hydroxyl groups is 1. The molecule has 0 aliphatic carbocycles. The van der Waals surface area contributed by atoms with Gasteiger partial charge >= 0.3 is 0 Å². The lowest BCUT2D eigenvalue weighted by atomic mass is 10.2. The summed E-state index contributed by atoms with van der Waals surface area (Å²) >= 11 is 7.63. The summed E-state index contributed by atoms with van der Waals surface area (Å²) in [5.41, 5.74) is 0.744. The summed E-state index contributed by atoms with van der Waals surface area (Å²) in [5, 5.41) is 12.6. The zero-order valence-electron chi connectivity index (χ0n) is 12.4. The molecule has 0 saturated heterocycles. The topological polar surface area (TPSA) is 62.5 Å². The Balaban J connectivity index is 2.11. The predicted octanol–water partition coefficient (Wildman–Crippen LogP) is 3.44. The molecule has 1 aromatic heterocycles. The molecule has 1 amide bonds. The summed E-state index contributed by atoms with van der Waals surface area (Å²) in [4.78, 5) is 12.2. The minimum Gasteiger partial charge on any atom is -0.451 e. The Kier molecular flexibility index (Phi) is 5.94. The van der Waals surface area contributed by atoms with E-state index in [4.69, 9.17) is 16.0 Å². The minimum atomic E-state index is -0.307. The van der Waals surface area contributed by atoms with Crippen LogP contribution >= 0.6 is 23.4 Å². The molecule has 6 heteroatoms. The maximum Gasteiger partial charge on any atom is 0.287 e. The first-order valence-electron chi connectivity index (χ1n) is 6.86. The van der Waals surface area contributed by atoms with Gasteiger partial charge in [0.05, 0.1) is 11.6 Å². The van der Waals surface area contributed by atoms with Gasteiger partial charge in [-0.2, -0.15) is 11.8 Å². The Hall–Kier alpha value is -1.43. The Bertz CT molecular complexity index is 640. The third kappa shape index (κ3) is 3.85. The number of carbonyl (C=O) groups excluding carboxylic acids is 1. The third-order valence-corrected chi connectivity index (χ3v) is 4.86. The first kappa shape index (κ1) is 16.9. The zero-order chi connectivity index (χ0) is 16.1. The first-order valence-corrected chi connectivity index (χ1v) is 8.52. The highest BCUT2D eigenvalue weighted by molar-refractivity contribution is 7.99. The number of halogens is 1. The van der Waals surface area contributed by atoms with Crippen molar-refractivity contribution in [2.24, 2.45) is 0 Å². The van der Waals surface area contributed by atoms with E-state index in [1.54, 1.807) is 18.2 Å². The summed E-state index contributed by atoms with van der Waals surface area (Å²) < 4.78 is 5.59. The lowest BCUT2D eigenvalue weighted by Gasteiger charge is -2.20. The molecule has 2 rings (SSSR count). The second-order valence-corrected chi connectivity index (χ2v) is 6.35. The quantitative estimate of drug-likeness (QED) is 0.846. The average molecular weight is 340 g/mol. The number of furan rings is 1. The SMILES string of the molecule is CSC(CO)C(C)NC(=O)c1ccc(-c2ccccc2Cl)o1.